The smallest absolute Gasteiger partial charge is 0.329 e. The molecule has 1 heterocycles. The highest BCUT2D eigenvalue weighted by Crippen LogP contribution is 2.23. The van der Waals surface area contributed by atoms with Gasteiger partial charge in [0.05, 0.1) is 0 Å². The number of nitrogens with zero attached hydrogens (tertiary/aromatic N) is 2. The van der Waals surface area contributed by atoms with Gasteiger partial charge < -0.3 is 19.6 Å². The number of rotatable bonds is 6. The van der Waals surface area contributed by atoms with Crippen molar-refractivity contribution in [2.45, 2.75) is 32.2 Å². The van der Waals surface area contributed by atoms with E-state index in [1.807, 2.05) is 18.2 Å². The average molecular weight is 362 g/mol. The van der Waals surface area contributed by atoms with Crippen LogP contribution in [0.5, 0.6) is 5.75 Å². The van der Waals surface area contributed by atoms with Crippen LogP contribution in [0.25, 0.3) is 0 Å². The third-order valence-corrected chi connectivity index (χ3v) is 4.99. The highest BCUT2D eigenvalue weighted by atomic mass is 16.5. The van der Waals surface area contributed by atoms with Crippen LogP contribution in [-0.2, 0) is 14.4 Å². The van der Waals surface area contributed by atoms with Crippen molar-refractivity contribution < 1.29 is 24.2 Å². The Morgan fingerprint density at radius 3 is 2.31 bits per heavy atom. The van der Waals surface area contributed by atoms with E-state index in [4.69, 9.17) is 4.74 Å². The first-order valence-corrected chi connectivity index (χ1v) is 8.70. The molecule has 2 amide bonds. The number of ether oxygens (including phenoxy) is 1. The van der Waals surface area contributed by atoms with E-state index in [-0.39, 0.29) is 24.3 Å². The second-order valence-corrected chi connectivity index (χ2v) is 7.02. The van der Waals surface area contributed by atoms with Gasteiger partial charge in [0, 0.05) is 26.1 Å². The summed E-state index contributed by atoms with van der Waals surface area (Å²) in [5, 5.41) is 9.27. The fourth-order valence-electron chi connectivity index (χ4n) is 2.82. The number of carbonyl (C=O) groups is 3. The fourth-order valence-corrected chi connectivity index (χ4v) is 2.82. The van der Waals surface area contributed by atoms with E-state index in [0.29, 0.717) is 31.7 Å². The van der Waals surface area contributed by atoms with Gasteiger partial charge in [0.15, 0.2) is 6.61 Å². The van der Waals surface area contributed by atoms with Crippen molar-refractivity contribution in [3.63, 3.8) is 0 Å². The van der Waals surface area contributed by atoms with E-state index < -0.39 is 11.5 Å². The van der Waals surface area contributed by atoms with Crippen LogP contribution in [0.1, 0.15) is 26.7 Å². The number of para-hydroxylation sites is 1. The van der Waals surface area contributed by atoms with Crippen molar-refractivity contribution in [2.24, 2.45) is 5.92 Å². The molecule has 0 spiro atoms. The number of hydrogen-bond acceptors (Lipinski definition) is 4. The highest BCUT2D eigenvalue weighted by molar-refractivity contribution is 5.87. The number of carboxylic acids is 1. The van der Waals surface area contributed by atoms with Gasteiger partial charge in [-0.25, -0.2) is 4.79 Å². The molecule has 1 aliphatic heterocycles. The van der Waals surface area contributed by atoms with Crippen LogP contribution in [0.15, 0.2) is 30.3 Å². The van der Waals surface area contributed by atoms with Crippen LogP contribution in [0.3, 0.4) is 0 Å². The zero-order valence-corrected chi connectivity index (χ0v) is 15.5. The second-order valence-electron chi connectivity index (χ2n) is 7.02. The molecule has 1 fully saturated rings. The number of likely N-dealkylation sites (N-methyl/N-ethyl adjacent to an activating group) is 1. The van der Waals surface area contributed by atoms with E-state index in [0.717, 1.165) is 0 Å². The Morgan fingerprint density at radius 2 is 1.77 bits per heavy atom. The zero-order valence-electron chi connectivity index (χ0n) is 15.5. The van der Waals surface area contributed by atoms with Gasteiger partial charge in [-0.1, -0.05) is 18.2 Å². The van der Waals surface area contributed by atoms with Gasteiger partial charge in [0.1, 0.15) is 11.3 Å². The number of hydrogen-bond donors (Lipinski definition) is 1. The van der Waals surface area contributed by atoms with E-state index in [2.05, 4.69) is 0 Å². The van der Waals surface area contributed by atoms with Crippen LogP contribution >= 0.6 is 0 Å². The number of aliphatic carboxylic acids is 1. The van der Waals surface area contributed by atoms with Gasteiger partial charge in [-0.15, -0.1) is 0 Å². The molecule has 0 radical (unpaired) electrons. The SMILES string of the molecule is CN(C(=O)C1CCN(C(=O)COc2ccccc2)CC1)C(C)(C)C(=O)O. The summed E-state index contributed by atoms with van der Waals surface area (Å²) in [6.07, 6.45) is 1.05. The normalized spacial score (nSPS) is 15.4. The predicted octanol–water partition coefficient (Wildman–Crippen LogP) is 1.63. The fraction of sp³-hybridized carbons (Fsp3) is 0.526. The van der Waals surface area contributed by atoms with E-state index >= 15 is 0 Å². The number of carbonyl (C=O) groups excluding carboxylic acids is 2. The molecule has 0 aromatic heterocycles. The number of likely N-dealkylation sites (tertiary alicyclic amines) is 1. The summed E-state index contributed by atoms with van der Waals surface area (Å²) < 4.78 is 5.47. The van der Waals surface area contributed by atoms with Crippen LogP contribution in [-0.4, -0.2) is 65.0 Å². The van der Waals surface area contributed by atoms with Crippen molar-refractivity contribution in [1.29, 1.82) is 0 Å². The maximum Gasteiger partial charge on any atom is 0.329 e. The molecule has 142 valence electrons. The van der Waals surface area contributed by atoms with Gasteiger partial charge in [0.2, 0.25) is 5.91 Å². The Balaban J connectivity index is 1.83. The minimum Gasteiger partial charge on any atom is -0.484 e. The molecule has 1 N–H and O–H groups in total. The van der Waals surface area contributed by atoms with Crippen molar-refractivity contribution in [1.82, 2.24) is 9.80 Å². The molecule has 0 bridgehead atoms. The van der Waals surface area contributed by atoms with E-state index in [1.54, 1.807) is 17.0 Å². The first-order chi connectivity index (χ1) is 12.2. The van der Waals surface area contributed by atoms with E-state index in [9.17, 15) is 19.5 Å². The predicted molar refractivity (Wildman–Crippen MR) is 95.7 cm³/mol. The van der Waals surface area contributed by atoms with Crippen LogP contribution in [0, 0.1) is 5.92 Å². The maximum absolute atomic E-state index is 12.6. The summed E-state index contributed by atoms with van der Waals surface area (Å²) in [6.45, 7) is 3.91. The third kappa shape index (κ3) is 4.53. The molecular weight excluding hydrogens is 336 g/mol. The molecule has 26 heavy (non-hydrogen) atoms. The molecule has 1 saturated heterocycles. The summed E-state index contributed by atoms with van der Waals surface area (Å²) in [5.74, 6) is -0.968. The molecule has 0 unspecified atom stereocenters. The quantitative estimate of drug-likeness (QED) is 0.831. The standard InChI is InChI=1S/C19H26N2O5/c1-19(2,18(24)25)20(3)17(23)14-9-11-21(12-10-14)16(22)13-26-15-7-5-4-6-8-15/h4-8,14H,9-13H2,1-3H3,(H,24,25). The Kier molecular flexibility index (Phi) is 6.23. The zero-order chi connectivity index (χ0) is 19.3. The largest absolute Gasteiger partial charge is 0.484 e. The molecule has 1 aromatic carbocycles. The molecule has 7 heteroatoms. The number of carboxylic acid groups (broad SMARTS) is 1. The molecule has 7 nitrogen and oxygen atoms in total. The Hall–Kier alpha value is -2.57. The minimum absolute atomic E-state index is 0.0332. The van der Waals surface area contributed by atoms with Gasteiger partial charge in [-0.05, 0) is 38.8 Å². The monoisotopic (exact) mass is 362 g/mol. The van der Waals surface area contributed by atoms with Crippen molar-refractivity contribution >= 4 is 17.8 Å². The summed E-state index contributed by atoms with van der Waals surface area (Å²) in [7, 11) is 1.52. The van der Waals surface area contributed by atoms with Gasteiger partial charge in [-0.2, -0.15) is 0 Å². The molecule has 0 saturated carbocycles. The lowest BCUT2D eigenvalue weighted by Crippen LogP contribution is -2.54. The first-order valence-electron chi connectivity index (χ1n) is 8.70. The summed E-state index contributed by atoms with van der Waals surface area (Å²) in [5.41, 5.74) is -1.26. The summed E-state index contributed by atoms with van der Waals surface area (Å²) in [4.78, 5) is 39.1. The van der Waals surface area contributed by atoms with Gasteiger partial charge >= 0.3 is 5.97 Å². The lowest BCUT2D eigenvalue weighted by molar-refractivity contribution is -0.157. The molecule has 0 atom stereocenters. The van der Waals surface area contributed by atoms with Crippen molar-refractivity contribution in [3.05, 3.63) is 30.3 Å². The highest BCUT2D eigenvalue weighted by Gasteiger charge is 2.39. The average Bonchev–Trinajstić information content (AvgIpc) is 2.65. The Bertz CT molecular complexity index is 651. The molecular formula is C19H26N2O5. The lowest BCUT2D eigenvalue weighted by Gasteiger charge is -2.37. The molecule has 2 rings (SSSR count). The Labute approximate surface area is 153 Å². The van der Waals surface area contributed by atoms with Crippen LogP contribution in [0.2, 0.25) is 0 Å². The number of benzene rings is 1. The first kappa shape index (κ1) is 19.8. The maximum atomic E-state index is 12.6. The Morgan fingerprint density at radius 1 is 1.19 bits per heavy atom. The van der Waals surface area contributed by atoms with Gasteiger partial charge in [0.25, 0.3) is 5.91 Å². The van der Waals surface area contributed by atoms with E-state index in [1.165, 1.54) is 25.8 Å². The second kappa shape index (κ2) is 8.21. The molecule has 0 aliphatic carbocycles. The molecule has 1 aliphatic rings. The number of piperidine rings is 1. The lowest BCUT2D eigenvalue weighted by atomic mass is 9.93. The summed E-state index contributed by atoms with van der Waals surface area (Å²) in [6, 6.07) is 9.13. The number of amides is 2. The van der Waals surface area contributed by atoms with Gasteiger partial charge in [-0.3, -0.25) is 9.59 Å². The van der Waals surface area contributed by atoms with Crippen LogP contribution < -0.4 is 4.74 Å². The van der Waals surface area contributed by atoms with Crippen molar-refractivity contribution in [3.8, 4) is 5.75 Å². The topological polar surface area (TPSA) is 87.2 Å². The summed E-state index contributed by atoms with van der Waals surface area (Å²) >= 11 is 0. The molecule has 1 aromatic rings. The van der Waals surface area contributed by atoms with Crippen molar-refractivity contribution in [2.75, 3.05) is 26.7 Å². The third-order valence-electron chi connectivity index (χ3n) is 4.99. The minimum atomic E-state index is -1.26. The van der Waals surface area contributed by atoms with Crippen LogP contribution in [0.4, 0.5) is 0 Å².